The molecule has 1 saturated heterocycles. The van der Waals surface area contributed by atoms with Crippen LogP contribution in [0.3, 0.4) is 0 Å². The van der Waals surface area contributed by atoms with Gasteiger partial charge in [0.15, 0.2) is 0 Å². The Morgan fingerprint density at radius 2 is 2.38 bits per heavy atom. The average Bonchev–Trinajstić information content (AvgIpc) is 2.53. The summed E-state index contributed by atoms with van der Waals surface area (Å²) in [5.41, 5.74) is 0.257. The number of halogens is 1. The maximum Gasteiger partial charge on any atom is 0.285 e. The first-order valence-electron chi connectivity index (χ1n) is 5.48. The van der Waals surface area contributed by atoms with Crippen molar-refractivity contribution >= 4 is 17.3 Å². The first-order chi connectivity index (χ1) is 7.77. The van der Waals surface area contributed by atoms with Crippen molar-refractivity contribution in [2.45, 2.75) is 25.3 Å². The smallest absolute Gasteiger partial charge is 0.285 e. The molecule has 0 amide bonds. The van der Waals surface area contributed by atoms with Gasteiger partial charge in [-0.1, -0.05) is 18.0 Å². The fourth-order valence-electron chi connectivity index (χ4n) is 1.85. The molecule has 1 atom stereocenters. The van der Waals surface area contributed by atoms with Crippen molar-refractivity contribution in [3.05, 3.63) is 21.6 Å². The van der Waals surface area contributed by atoms with Crippen LogP contribution in [0.2, 0.25) is 5.02 Å². The summed E-state index contributed by atoms with van der Waals surface area (Å²) in [5, 5.41) is 12.8. The third-order valence-corrected chi connectivity index (χ3v) is 3.08. The standard InChI is InChI=1S/C10H15ClN4O/c11-9-8(6-13-15-10(9)16)14-7-3-1-2-4-12-5-7/h6-7,12H,1-5H2,(H2,14,15,16). The van der Waals surface area contributed by atoms with E-state index in [9.17, 15) is 4.79 Å². The van der Waals surface area contributed by atoms with Crippen molar-refractivity contribution in [1.82, 2.24) is 15.5 Å². The molecule has 0 aliphatic carbocycles. The molecule has 6 heteroatoms. The second-order valence-corrected chi connectivity index (χ2v) is 4.35. The molecule has 2 rings (SSSR count). The molecule has 3 N–H and O–H groups in total. The van der Waals surface area contributed by atoms with E-state index in [1.165, 1.54) is 12.8 Å². The van der Waals surface area contributed by atoms with Crippen LogP contribution in [0.5, 0.6) is 0 Å². The van der Waals surface area contributed by atoms with Gasteiger partial charge in [-0.15, -0.1) is 0 Å². The van der Waals surface area contributed by atoms with E-state index in [-0.39, 0.29) is 10.6 Å². The maximum atomic E-state index is 11.2. The number of anilines is 1. The molecule has 0 bridgehead atoms. The number of nitrogens with one attached hydrogen (secondary N) is 3. The summed E-state index contributed by atoms with van der Waals surface area (Å²) >= 11 is 5.89. The van der Waals surface area contributed by atoms with Gasteiger partial charge >= 0.3 is 0 Å². The lowest BCUT2D eigenvalue weighted by molar-refractivity contribution is 0.635. The lowest BCUT2D eigenvalue weighted by Crippen LogP contribution is -2.31. The quantitative estimate of drug-likeness (QED) is 0.723. The van der Waals surface area contributed by atoms with Crippen LogP contribution >= 0.6 is 11.6 Å². The Morgan fingerprint density at radius 1 is 1.50 bits per heavy atom. The SMILES string of the molecule is O=c1[nH]ncc(NC2CCCCNC2)c1Cl. The van der Waals surface area contributed by atoms with E-state index in [0.29, 0.717) is 11.7 Å². The molecule has 1 aromatic rings. The van der Waals surface area contributed by atoms with Crippen LogP contribution in [0.4, 0.5) is 5.69 Å². The topological polar surface area (TPSA) is 69.8 Å². The lowest BCUT2D eigenvalue weighted by atomic mass is 10.1. The zero-order chi connectivity index (χ0) is 11.4. The van der Waals surface area contributed by atoms with Gasteiger partial charge in [0.25, 0.3) is 5.56 Å². The van der Waals surface area contributed by atoms with Gasteiger partial charge in [-0.25, -0.2) is 5.10 Å². The van der Waals surface area contributed by atoms with Crippen molar-refractivity contribution in [3.8, 4) is 0 Å². The molecule has 16 heavy (non-hydrogen) atoms. The van der Waals surface area contributed by atoms with Crippen molar-refractivity contribution in [2.24, 2.45) is 0 Å². The van der Waals surface area contributed by atoms with Gasteiger partial charge in [0.05, 0.1) is 11.9 Å². The molecular weight excluding hydrogens is 228 g/mol. The predicted octanol–water partition coefficient (Wildman–Crippen LogP) is 0.977. The molecule has 1 aliphatic rings. The molecule has 1 unspecified atom stereocenters. The largest absolute Gasteiger partial charge is 0.378 e. The minimum atomic E-state index is -0.353. The number of hydrogen-bond acceptors (Lipinski definition) is 4. The van der Waals surface area contributed by atoms with Gasteiger partial charge in [0.2, 0.25) is 0 Å². The van der Waals surface area contributed by atoms with Crippen molar-refractivity contribution in [2.75, 3.05) is 18.4 Å². The second-order valence-electron chi connectivity index (χ2n) is 3.97. The molecule has 5 nitrogen and oxygen atoms in total. The second kappa shape index (κ2) is 5.32. The predicted molar refractivity (Wildman–Crippen MR) is 64.0 cm³/mol. The first kappa shape index (κ1) is 11.4. The van der Waals surface area contributed by atoms with Crippen molar-refractivity contribution in [1.29, 1.82) is 0 Å². The van der Waals surface area contributed by atoms with E-state index >= 15 is 0 Å². The minimum Gasteiger partial charge on any atom is -0.378 e. The zero-order valence-corrected chi connectivity index (χ0v) is 9.68. The van der Waals surface area contributed by atoms with E-state index in [1.807, 2.05) is 0 Å². The van der Waals surface area contributed by atoms with Crippen LogP contribution in [0.15, 0.2) is 11.0 Å². The number of rotatable bonds is 2. The van der Waals surface area contributed by atoms with Crippen LogP contribution in [0.1, 0.15) is 19.3 Å². The molecule has 88 valence electrons. The first-order valence-corrected chi connectivity index (χ1v) is 5.85. The van der Waals surface area contributed by atoms with Gasteiger partial charge in [0, 0.05) is 12.6 Å². The molecule has 0 spiro atoms. The van der Waals surface area contributed by atoms with Gasteiger partial charge in [-0.2, -0.15) is 5.10 Å². The number of aromatic amines is 1. The number of aromatic nitrogens is 2. The monoisotopic (exact) mass is 242 g/mol. The van der Waals surface area contributed by atoms with Gasteiger partial charge in [-0.05, 0) is 19.4 Å². The minimum absolute atomic E-state index is 0.180. The number of hydrogen-bond donors (Lipinski definition) is 3. The highest BCUT2D eigenvalue weighted by molar-refractivity contribution is 6.32. The molecule has 0 aromatic carbocycles. The Morgan fingerprint density at radius 3 is 3.25 bits per heavy atom. The fraction of sp³-hybridized carbons (Fsp3) is 0.600. The molecule has 1 aromatic heterocycles. The maximum absolute atomic E-state index is 11.2. The number of H-pyrrole nitrogens is 1. The highest BCUT2D eigenvalue weighted by Crippen LogP contribution is 2.17. The fourth-order valence-corrected chi connectivity index (χ4v) is 1.99. The summed E-state index contributed by atoms with van der Waals surface area (Å²) in [6.07, 6.45) is 5.00. The summed E-state index contributed by atoms with van der Waals surface area (Å²) in [5.74, 6) is 0. The third-order valence-electron chi connectivity index (χ3n) is 2.70. The summed E-state index contributed by atoms with van der Waals surface area (Å²) in [7, 11) is 0. The molecule has 2 heterocycles. The summed E-state index contributed by atoms with van der Waals surface area (Å²) < 4.78 is 0. The zero-order valence-electron chi connectivity index (χ0n) is 8.92. The average molecular weight is 243 g/mol. The Labute approximate surface area is 98.6 Å². The molecule has 0 radical (unpaired) electrons. The summed E-state index contributed by atoms with van der Waals surface area (Å²) in [4.78, 5) is 11.2. The molecular formula is C10H15ClN4O. The van der Waals surface area contributed by atoms with Gasteiger partial charge < -0.3 is 10.6 Å². The lowest BCUT2D eigenvalue weighted by Gasteiger charge is -2.17. The molecule has 1 fully saturated rings. The Balaban J connectivity index is 2.07. The summed E-state index contributed by atoms with van der Waals surface area (Å²) in [6.45, 7) is 1.95. The van der Waals surface area contributed by atoms with Gasteiger partial charge in [-0.3, -0.25) is 4.79 Å². The van der Waals surface area contributed by atoms with E-state index in [2.05, 4.69) is 20.8 Å². The third kappa shape index (κ3) is 2.74. The van der Waals surface area contributed by atoms with E-state index < -0.39 is 0 Å². The van der Waals surface area contributed by atoms with Crippen LogP contribution < -0.4 is 16.2 Å². The van der Waals surface area contributed by atoms with Gasteiger partial charge in [0.1, 0.15) is 5.02 Å². The highest BCUT2D eigenvalue weighted by atomic mass is 35.5. The normalized spacial score (nSPS) is 21.4. The van der Waals surface area contributed by atoms with E-state index in [1.54, 1.807) is 6.20 Å². The Kier molecular flexibility index (Phi) is 3.79. The van der Waals surface area contributed by atoms with Crippen molar-refractivity contribution < 1.29 is 0 Å². The van der Waals surface area contributed by atoms with E-state index in [4.69, 9.17) is 11.6 Å². The van der Waals surface area contributed by atoms with Crippen LogP contribution in [-0.2, 0) is 0 Å². The molecule has 0 saturated carbocycles. The highest BCUT2D eigenvalue weighted by Gasteiger charge is 2.13. The summed E-state index contributed by atoms with van der Waals surface area (Å²) in [6, 6.07) is 0.309. The van der Waals surface area contributed by atoms with Crippen molar-refractivity contribution in [3.63, 3.8) is 0 Å². The Hall–Kier alpha value is -1.07. The Bertz CT molecular complexity index is 398. The van der Waals surface area contributed by atoms with Crippen LogP contribution in [0, 0.1) is 0 Å². The van der Waals surface area contributed by atoms with Crippen LogP contribution in [-0.4, -0.2) is 29.3 Å². The van der Waals surface area contributed by atoms with Crippen LogP contribution in [0.25, 0.3) is 0 Å². The molecule has 1 aliphatic heterocycles. The number of nitrogens with zero attached hydrogens (tertiary/aromatic N) is 1. The van der Waals surface area contributed by atoms with E-state index in [0.717, 1.165) is 19.5 Å².